The number of carbonyl (C=O) groups is 1. The maximum atomic E-state index is 11.8. The first kappa shape index (κ1) is 14.8. The smallest absolute Gasteiger partial charge is 0.319 e. The Morgan fingerprint density at radius 2 is 2.05 bits per heavy atom. The standard InChI is InChI=1S/C13H20N4O2/c1-3-4-11(12(14)15)17-13(18)16-9-5-7-10(19-2)8-6-9/h5-8,11H,3-4H2,1-2H3,(H3,14,15)(H2,16,17,18). The Kier molecular flexibility index (Phi) is 5.66. The molecule has 0 radical (unpaired) electrons. The van der Waals surface area contributed by atoms with Crippen molar-refractivity contribution in [2.45, 2.75) is 25.8 Å². The third-order valence-corrected chi connectivity index (χ3v) is 2.61. The van der Waals surface area contributed by atoms with E-state index in [1.54, 1.807) is 31.4 Å². The molecule has 0 spiro atoms. The van der Waals surface area contributed by atoms with Crippen LogP contribution in [-0.2, 0) is 0 Å². The Hall–Kier alpha value is -2.24. The molecule has 1 aromatic rings. The molecule has 0 aromatic heterocycles. The summed E-state index contributed by atoms with van der Waals surface area (Å²) in [7, 11) is 1.58. The summed E-state index contributed by atoms with van der Waals surface area (Å²) in [5, 5.41) is 12.7. The summed E-state index contributed by atoms with van der Waals surface area (Å²) >= 11 is 0. The molecule has 0 saturated heterocycles. The summed E-state index contributed by atoms with van der Waals surface area (Å²) in [6.07, 6.45) is 1.48. The summed E-state index contributed by atoms with van der Waals surface area (Å²) < 4.78 is 5.03. The highest BCUT2D eigenvalue weighted by atomic mass is 16.5. The van der Waals surface area contributed by atoms with E-state index >= 15 is 0 Å². The average molecular weight is 264 g/mol. The minimum atomic E-state index is -0.428. The van der Waals surface area contributed by atoms with Gasteiger partial charge in [0.1, 0.15) is 11.6 Å². The SMILES string of the molecule is CCCC(NC(=O)Nc1ccc(OC)cc1)C(=N)N. The van der Waals surface area contributed by atoms with Gasteiger partial charge in [-0.25, -0.2) is 4.79 Å². The second-order valence-electron chi connectivity index (χ2n) is 4.12. The van der Waals surface area contributed by atoms with Crippen molar-refractivity contribution in [2.75, 3.05) is 12.4 Å². The number of carbonyl (C=O) groups excluding carboxylic acids is 1. The molecule has 1 aromatic carbocycles. The van der Waals surface area contributed by atoms with Gasteiger partial charge in [0.2, 0.25) is 0 Å². The van der Waals surface area contributed by atoms with Crippen molar-refractivity contribution in [1.82, 2.24) is 5.32 Å². The molecular formula is C13H20N4O2. The van der Waals surface area contributed by atoms with Crippen LogP contribution in [0.15, 0.2) is 24.3 Å². The molecule has 1 atom stereocenters. The Balaban J connectivity index is 2.55. The molecule has 0 aliphatic heterocycles. The van der Waals surface area contributed by atoms with Gasteiger partial charge in [0.25, 0.3) is 0 Å². The van der Waals surface area contributed by atoms with Crippen LogP contribution in [0.5, 0.6) is 5.75 Å². The van der Waals surface area contributed by atoms with Gasteiger partial charge in [-0.15, -0.1) is 0 Å². The first-order valence-electron chi connectivity index (χ1n) is 6.12. The fourth-order valence-electron chi connectivity index (χ4n) is 1.59. The number of hydrogen-bond acceptors (Lipinski definition) is 3. The van der Waals surface area contributed by atoms with Crippen molar-refractivity contribution in [3.8, 4) is 5.75 Å². The van der Waals surface area contributed by atoms with Crippen LogP contribution >= 0.6 is 0 Å². The molecule has 5 N–H and O–H groups in total. The number of nitrogens with one attached hydrogen (secondary N) is 3. The van der Waals surface area contributed by atoms with Crippen LogP contribution in [0.2, 0.25) is 0 Å². The maximum absolute atomic E-state index is 11.8. The van der Waals surface area contributed by atoms with Crippen molar-refractivity contribution in [2.24, 2.45) is 5.73 Å². The number of urea groups is 1. The first-order chi connectivity index (χ1) is 9.06. The Labute approximate surface area is 112 Å². The summed E-state index contributed by atoms with van der Waals surface area (Å²) in [4.78, 5) is 11.8. The van der Waals surface area contributed by atoms with E-state index in [4.69, 9.17) is 15.9 Å². The third-order valence-electron chi connectivity index (χ3n) is 2.61. The van der Waals surface area contributed by atoms with E-state index in [1.165, 1.54) is 0 Å². The Morgan fingerprint density at radius 1 is 1.42 bits per heavy atom. The van der Waals surface area contributed by atoms with Crippen LogP contribution in [0.25, 0.3) is 0 Å². The van der Waals surface area contributed by atoms with Crippen molar-refractivity contribution >= 4 is 17.6 Å². The molecule has 1 unspecified atom stereocenters. The predicted octanol–water partition coefficient (Wildman–Crippen LogP) is 1.92. The summed E-state index contributed by atoms with van der Waals surface area (Å²) in [5.41, 5.74) is 6.08. The van der Waals surface area contributed by atoms with Gasteiger partial charge in [0, 0.05) is 5.69 Å². The van der Waals surface area contributed by atoms with Gasteiger partial charge < -0.3 is 21.1 Å². The molecule has 104 valence electrons. The molecular weight excluding hydrogens is 244 g/mol. The van der Waals surface area contributed by atoms with Crippen molar-refractivity contribution in [1.29, 1.82) is 5.41 Å². The fourth-order valence-corrected chi connectivity index (χ4v) is 1.59. The first-order valence-corrected chi connectivity index (χ1v) is 6.12. The van der Waals surface area contributed by atoms with Crippen LogP contribution in [0.1, 0.15) is 19.8 Å². The van der Waals surface area contributed by atoms with E-state index < -0.39 is 6.04 Å². The van der Waals surface area contributed by atoms with Crippen LogP contribution in [-0.4, -0.2) is 25.0 Å². The number of methoxy groups -OCH3 is 1. The van der Waals surface area contributed by atoms with Crippen molar-refractivity contribution < 1.29 is 9.53 Å². The van der Waals surface area contributed by atoms with Crippen molar-refractivity contribution in [3.63, 3.8) is 0 Å². The molecule has 0 fully saturated rings. The van der Waals surface area contributed by atoms with Gasteiger partial charge in [0.05, 0.1) is 13.2 Å². The summed E-state index contributed by atoms with van der Waals surface area (Å²) in [5.74, 6) is 0.685. The monoisotopic (exact) mass is 264 g/mol. The number of hydrogen-bond donors (Lipinski definition) is 4. The Morgan fingerprint density at radius 3 is 2.53 bits per heavy atom. The van der Waals surface area contributed by atoms with Crippen LogP contribution in [0.4, 0.5) is 10.5 Å². The lowest BCUT2D eigenvalue weighted by molar-refractivity contribution is 0.250. The van der Waals surface area contributed by atoms with E-state index in [-0.39, 0.29) is 11.9 Å². The highest BCUT2D eigenvalue weighted by Gasteiger charge is 2.14. The largest absolute Gasteiger partial charge is 0.497 e. The van der Waals surface area contributed by atoms with Crippen LogP contribution < -0.4 is 21.1 Å². The summed E-state index contributed by atoms with van der Waals surface area (Å²) in [6.45, 7) is 1.97. The molecule has 2 amide bonds. The van der Waals surface area contributed by atoms with E-state index in [2.05, 4.69) is 10.6 Å². The van der Waals surface area contributed by atoms with Gasteiger partial charge in [-0.1, -0.05) is 13.3 Å². The predicted molar refractivity (Wildman–Crippen MR) is 75.8 cm³/mol. The zero-order valence-corrected chi connectivity index (χ0v) is 11.2. The lowest BCUT2D eigenvalue weighted by atomic mass is 10.1. The highest BCUT2D eigenvalue weighted by Crippen LogP contribution is 2.14. The fraction of sp³-hybridized carbons (Fsp3) is 0.385. The van der Waals surface area contributed by atoms with Gasteiger partial charge in [0.15, 0.2) is 0 Å². The normalized spacial score (nSPS) is 11.5. The van der Waals surface area contributed by atoms with Gasteiger partial charge in [-0.2, -0.15) is 0 Å². The molecule has 0 heterocycles. The number of nitrogens with two attached hydrogens (primary N) is 1. The minimum Gasteiger partial charge on any atom is -0.497 e. The zero-order valence-electron chi connectivity index (χ0n) is 11.2. The molecule has 0 aliphatic rings. The molecule has 19 heavy (non-hydrogen) atoms. The van der Waals surface area contributed by atoms with E-state index in [9.17, 15) is 4.79 Å². The summed E-state index contributed by atoms with van der Waals surface area (Å²) in [6, 6.07) is 6.18. The van der Waals surface area contributed by atoms with Crippen molar-refractivity contribution in [3.05, 3.63) is 24.3 Å². The minimum absolute atomic E-state index is 0.0354. The second kappa shape index (κ2) is 7.25. The third kappa shape index (κ3) is 4.87. The molecule has 0 aliphatic carbocycles. The lowest BCUT2D eigenvalue weighted by Crippen LogP contribution is -2.45. The average Bonchev–Trinajstić information content (AvgIpc) is 2.39. The molecule has 6 nitrogen and oxygen atoms in total. The molecule has 0 bridgehead atoms. The quantitative estimate of drug-likeness (QED) is 0.466. The number of rotatable bonds is 6. The van der Waals surface area contributed by atoms with Crippen LogP contribution in [0.3, 0.4) is 0 Å². The lowest BCUT2D eigenvalue weighted by Gasteiger charge is -2.17. The number of amides is 2. The van der Waals surface area contributed by atoms with Gasteiger partial charge in [-0.3, -0.25) is 5.41 Å². The molecule has 6 heteroatoms. The highest BCUT2D eigenvalue weighted by molar-refractivity contribution is 5.94. The number of ether oxygens (including phenoxy) is 1. The van der Waals surface area contributed by atoms with Gasteiger partial charge >= 0.3 is 6.03 Å². The maximum Gasteiger partial charge on any atom is 0.319 e. The molecule has 1 rings (SSSR count). The topological polar surface area (TPSA) is 100 Å². The van der Waals surface area contributed by atoms with E-state index in [0.717, 1.165) is 12.2 Å². The number of amidine groups is 1. The van der Waals surface area contributed by atoms with E-state index in [1.807, 2.05) is 6.92 Å². The zero-order chi connectivity index (χ0) is 14.3. The number of anilines is 1. The van der Waals surface area contributed by atoms with Crippen LogP contribution in [0, 0.1) is 5.41 Å². The molecule has 0 saturated carbocycles. The van der Waals surface area contributed by atoms with E-state index in [0.29, 0.717) is 12.1 Å². The second-order valence-corrected chi connectivity index (χ2v) is 4.12. The Bertz CT molecular complexity index is 431. The number of benzene rings is 1. The van der Waals surface area contributed by atoms with Gasteiger partial charge in [-0.05, 0) is 30.7 Å².